The number of hydrogen-bond acceptors (Lipinski definition) is 5. The Balaban J connectivity index is 1.24. The molecule has 0 saturated carbocycles. The number of carbonyl (C=O) groups is 1. The minimum Gasteiger partial charge on any atom is -0.462 e. The van der Waals surface area contributed by atoms with Crippen LogP contribution in [0.3, 0.4) is 0 Å². The number of ether oxygens (including phenoxy) is 1. The molecule has 4 rings (SSSR count). The minimum atomic E-state index is -0.242. The van der Waals surface area contributed by atoms with E-state index in [2.05, 4.69) is 34.3 Å². The van der Waals surface area contributed by atoms with Gasteiger partial charge in [-0.25, -0.2) is 4.79 Å². The Labute approximate surface area is 166 Å². The van der Waals surface area contributed by atoms with Crippen LogP contribution in [0.25, 0.3) is 0 Å². The van der Waals surface area contributed by atoms with E-state index in [0.717, 1.165) is 50.4 Å². The van der Waals surface area contributed by atoms with Crippen molar-refractivity contribution in [3.05, 3.63) is 65.7 Å². The van der Waals surface area contributed by atoms with Gasteiger partial charge in [-0.1, -0.05) is 30.3 Å². The molecular formula is C23H27N3O2. The zero-order chi connectivity index (χ0) is 19.3. The van der Waals surface area contributed by atoms with E-state index in [4.69, 9.17) is 4.74 Å². The Bertz CT molecular complexity index is 833. The molecule has 5 nitrogen and oxygen atoms in total. The van der Waals surface area contributed by atoms with Gasteiger partial charge in [-0.05, 0) is 49.7 Å². The van der Waals surface area contributed by atoms with Crippen molar-refractivity contribution in [3.8, 4) is 0 Å². The van der Waals surface area contributed by atoms with Gasteiger partial charge in [0.15, 0.2) is 0 Å². The first-order valence-corrected chi connectivity index (χ1v) is 10.0. The summed E-state index contributed by atoms with van der Waals surface area (Å²) < 4.78 is 5.59. The van der Waals surface area contributed by atoms with E-state index >= 15 is 0 Å². The third-order valence-electron chi connectivity index (χ3n) is 5.45. The van der Waals surface area contributed by atoms with Gasteiger partial charge in [-0.15, -0.1) is 0 Å². The molecule has 2 aliphatic rings. The van der Waals surface area contributed by atoms with E-state index < -0.39 is 0 Å². The lowest BCUT2D eigenvalue weighted by Crippen LogP contribution is -2.22. The number of carbonyl (C=O) groups excluding carboxylic acids is 1. The lowest BCUT2D eigenvalue weighted by atomic mass is 10.1. The third-order valence-corrected chi connectivity index (χ3v) is 5.45. The lowest BCUT2D eigenvalue weighted by molar-refractivity contribution is 0.0443. The molecule has 1 fully saturated rings. The third kappa shape index (κ3) is 4.60. The molecule has 0 amide bonds. The number of esters is 1. The first-order chi connectivity index (χ1) is 13.7. The van der Waals surface area contributed by atoms with Crippen LogP contribution in [-0.2, 0) is 11.3 Å². The van der Waals surface area contributed by atoms with Crippen LogP contribution in [0.5, 0.6) is 0 Å². The van der Waals surface area contributed by atoms with Gasteiger partial charge < -0.3 is 4.74 Å². The highest BCUT2D eigenvalue weighted by atomic mass is 16.5. The molecule has 0 bridgehead atoms. The quantitative estimate of drug-likeness (QED) is 0.715. The summed E-state index contributed by atoms with van der Waals surface area (Å²) in [6.45, 7) is 6.42. The Hall–Kier alpha value is -2.66. The van der Waals surface area contributed by atoms with Crippen LogP contribution in [0, 0.1) is 5.92 Å². The van der Waals surface area contributed by atoms with Gasteiger partial charge in [-0.2, -0.15) is 5.10 Å². The summed E-state index contributed by atoms with van der Waals surface area (Å²) in [5.74, 6) is 0.169. The molecule has 0 aliphatic carbocycles. The molecule has 0 unspecified atom stereocenters. The fourth-order valence-corrected chi connectivity index (χ4v) is 3.84. The summed E-state index contributed by atoms with van der Waals surface area (Å²) in [6, 6.07) is 18.1. The molecule has 0 N–H and O–H groups in total. The summed E-state index contributed by atoms with van der Waals surface area (Å²) in [5.41, 5.74) is 4.09. The SMILES string of the molecule is CC1=NN(c2ccc(C(=O)OC[C@@H]3CCN(Cc4ccccc4)C3)cc2)CC1. The van der Waals surface area contributed by atoms with Crippen LogP contribution in [-0.4, -0.2) is 42.8 Å². The molecule has 28 heavy (non-hydrogen) atoms. The zero-order valence-corrected chi connectivity index (χ0v) is 16.4. The smallest absolute Gasteiger partial charge is 0.338 e. The van der Waals surface area contributed by atoms with E-state index in [1.54, 1.807) is 0 Å². The number of nitrogens with zero attached hydrogens (tertiary/aromatic N) is 3. The predicted molar refractivity (Wildman–Crippen MR) is 112 cm³/mol. The van der Waals surface area contributed by atoms with Crippen LogP contribution in [0.4, 0.5) is 5.69 Å². The molecule has 1 saturated heterocycles. The molecule has 2 heterocycles. The van der Waals surface area contributed by atoms with Crippen LogP contribution >= 0.6 is 0 Å². The second-order valence-electron chi connectivity index (χ2n) is 7.73. The molecule has 146 valence electrons. The molecule has 2 aromatic carbocycles. The Kier molecular flexibility index (Phi) is 5.72. The van der Waals surface area contributed by atoms with Gasteiger partial charge in [0.2, 0.25) is 0 Å². The van der Waals surface area contributed by atoms with Gasteiger partial charge in [-0.3, -0.25) is 9.91 Å². The summed E-state index contributed by atoms with van der Waals surface area (Å²) in [6.07, 6.45) is 2.07. The van der Waals surface area contributed by atoms with E-state index in [-0.39, 0.29) is 5.97 Å². The average molecular weight is 377 g/mol. The lowest BCUT2D eigenvalue weighted by Gasteiger charge is -2.16. The topological polar surface area (TPSA) is 45.1 Å². The number of benzene rings is 2. The highest BCUT2D eigenvalue weighted by molar-refractivity contribution is 5.90. The fourth-order valence-electron chi connectivity index (χ4n) is 3.84. The van der Waals surface area contributed by atoms with Gasteiger partial charge in [0.25, 0.3) is 0 Å². The van der Waals surface area contributed by atoms with Crippen LogP contribution in [0.1, 0.15) is 35.7 Å². The van der Waals surface area contributed by atoms with E-state index in [9.17, 15) is 4.79 Å². The van der Waals surface area contributed by atoms with E-state index in [0.29, 0.717) is 18.1 Å². The van der Waals surface area contributed by atoms with Crippen molar-refractivity contribution in [3.63, 3.8) is 0 Å². The maximum atomic E-state index is 12.4. The van der Waals surface area contributed by atoms with Crippen LogP contribution in [0.2, 0.25) is 0 Å². The van der Waals surface area contributed by atoms with Crippen molar-refractivity contribution in [2.45, 2.75) is 26.3 Å². The number of anilines is 1. The first-order valence-electron chi connectivity index (χ1n) is 10.0. The molecular weight excluding hydrogens is 350 g/mol. The van der Waals surface area contributed by atoms with Gasteiger partial charge in [0, 0.05) is 37.7 Å². The molecule has 0 aromatic heterocycles. The number of hydrazone groups is 1. The maximum Gasteiger partial charge on any atom is 0.338 e. The van der Waals surface area contributed by atoms with Crippen molar-refractivity contribution >= 4 is 17.4 Å². The summed E-state index contributed by atoms with van der Waals surface area (Å²) in [5, 5.41) is 6.46. The van der Waals surface area contributed by atoms with E-state index in [1.807, 2.05) is 42.3 Å². The number of likely N-dealkylation sites (tertiary alicyclic amines) is 1. The molecule has 0 spiro atoms. The van der Waals surface area contributed by atoms with Gasteiger partial charge in [0.1, 0.15) is 0 Å². The summed E-state index contributed by atoms with van der Waals surface area (Å²) >= 11 is 0. The zero-order valence-electron chi connectivity index (χ0n) is 16.4. The molecule has 5 heteroatoms. The van der Waals surface area contributed by atoms with Crippen LogP contribution in [0.15, 0.2) is 59.7 Å². The molecule has 2 aromatic rings. The molecule has 1 atom stereocenters. The second-order valence-corrected chi connectivity index (χ2v) is 7.73. The van der Waals surface area contributed by atoms with Crippen molar-refractivity contribution in [2.24, 2.45) is 11.0 Å². The van der Waals surface area contributed by atoms with Gasteiger partial charge in [0.05, 0.1) is 17.9 Å². The Morgan fingerprint density at radius 2 is 1.89 bits per heavy atom. The Morgan fingerprint density at radius 1 is 1.11 bits per heavy atom. The van der Waals surface area contributed by atoms with Crippen molar-refractivity contribution in [1.82, 2.24) is 4.90 Å². The fraction of sp³-hybridized carbons (Fsp3) is 0.391. The van der Waals surface area contributed by atoms with Gasteiger partial charge >= 0.3 is 5.97 Å². The maximum absolute atomic E-state index is 12.4. The minimum absolute atomic E-state index is 0.242. The highest BCUT2D eigenvalue weighted by Crippen LogP contribution is 2.22. The second kappa shape index (κ2) is 8.57. The van der Waals surface area contributed by atoms with Crippen molar-refractivity contribution < 1.29 is 9.53 Å². The van der Waals surface area contributed by atoms with E-state index in [1.165, 1.54) is 5.56 Å². The molecule has 0 radical (unpaired) electrons. The highest BCUT2D eigenvalue weighted by Gasteiger charge is 2.24. The van der Waals surface area contributed by atoms with Crippen molar-refractivity contribution in [2.75, 3.05) is 31.3 Å². The largest absolute Gasteiger partial charge is 0.462 e. The Morgan fingerprint density at radius 3 is 2.61 bits per heavy atom. The standard InChI is InChI=1S/C23H27N3O2/c1-18-11-14-26(24-18)22-9-7-21(8-10-22)23(27)28-17-20-12-13-25(16-20)15-19-5-3-2-4-6-19/h2-10,20H,11-17H2,1H3/t20-/m1/s1. The predicted octanol–water partition coefficient (Wildman–Crippen LogP) is 3.95. The molecule has 2 aliphatic heterocycles. The first kappa shape index (κ1) is 18.7. The average Bonchev–Trinajstić information content (AvgIpc) is 3.36. The normalized spacial score (nSPS) is 19.7. The number of rotatable bonds is 6. The summed E-state index contributed by atoms with van der Waals surface area (Å²) in [7, 11) is 0. The van der Waals surface area contributed by atoms with Crippen LogP contribution < -0.4 is 5.01 Å². The monoisotopic (exact) mass is 377 g/mol. The number of hydrogen-bond donors (Lipinski definition) is 0. The summed E-state index contributed by atoms with van der Waals surface area (Å²) in [4.78, 5) is 14.8. The van der Waals surface area contributed by atoms with Crippen molar-refractivity contribution in [1.29, 1.82) is 0 Å².